The molecule has 5 rings (SSSR count). The second kappa shape index (κ2) is 11.1. The number of carboxylic acid groups (broad SMARTS) is 1. The van der Waals surface area contributed by atoms with Crippen LogP contribution in [0, 0.1) is 0 Å². The van der Waals surface area contributed by atoms with E-state index in [4.69, 9.17) is 0 Å². The standard InChI is InChI=1S/C28H31N7O3/c1-33(2)17-20-11-23(16-30-14-20)31-28(38)35-25-7-6-21(12-24(25)26(32-35)27(36)37)22-10-19(13-29-15-22)18-34-8-4-3-5-9-34/h6-7,10-16H,3-5,8-9,17-18H2,1-2H3,(H,31,38)(H,36,37). The van der Waals surface area contributed by atoms with Gasteiger partial charge < -0.3 is 15.3 Å². The van der Waals surface area contributed by atoms with Crippen LogP contribution in [0.2, 0.25) is 0 Å². The number of nitrogens with one attached hydrogen (secondary N) is 1. The minimum absolute atomic E-state index is 0.186. The normalized spacial score (nSPS) is 14.2. The van der Waals surface area contributed by atoms with Crippen molar-refractivity contribution in [1.29, 1.82) is 0 Å². The molecule has 1 fully saturated rings. The Morgan fingerprint density at radius 3 is 2.47 bits per heavy atom. The third kappa shape index (κ3) is 5.71. The molecule has 10 nitrogen and oxygen atoms in total. The van der Waals surface area contributed by atoms with E-state index >= 15 is 0 Å². The predicted molar refractivity (Wildman–Crippen MR) is 145 cm³/mol. The topological polar surface area (TPSA) is 116 Å². The Hall–Kier alpha value is -4.15. The highest BCUT2D eigenvalue weighted by Gasteiger charge is 2.21. The SMILES string of the molecule is CN(C)Cc1cncc(NC(=O)n2nc(C(=O)O)c3cc(-c4cncc(CN5CCCCC5)c4)ccc32)c1. The molecule has 196 valence electrons. The fourth-order valence-electron chi connectivity index (χ4n) is 4.90. The van der Waals surface area contributed by atoms with Gasteiger partial charge in [0.1, 0.15) is 0 Å². The highest BCUT2D eigenvalue weighted by Crippen LogP contribution is 2.28. The average molecular weight is 514 g/mol. The number of hydrogen-bond donors (Lipinski definition) is 2. The first-order valence-corrected chi connectivity index (χ1v) is 12.7. The number of anilines is 1. The van der Waals surface area contributed by atoms with Crippen LogP contribution in [0.5, 0.6) is 0 Å². The van der Waals surface area contributed by atoms with Gasteiger partial charge in [-0.3, -0.25) is 14.9 Å². The quantitative estimate of drug-likeness (QED) is 0.375. The minimum Gasteiger partial charge on any atom is -0.476 e. The first-order valence-electron chi connectivity index (χ1n) is 12.7. The van der Waals surface area contributed by atoms with Crippen LogP contribution in [0.3, 0.4) is 0 Å². The third-order valence-corrected chi connectivity index (χ3v) is 6.60. The number of carbonyl (C=O) groups excluding carboxylic acids is 1. The fraction of sp³-hybridized carbons (Fsp3) is 0.321. The monoisotopic (exact) mass is 513 g/mol. The van der Waals surface area contributed by atoms with Crippen molar-refractivity contribution in [3.05, 3.63) is 71.9 Å². The summed E-state index contributed by atoms with van der Waals surface area (Å²) in [6.07, 6.45) is 10.7. The molecule has 1 aromatic carbocycles. The van der Waals surface area contributed by atoms with E-state index in [1.165, 1.54) is 19.3 Å². The number of aromatic nitrogens is 4. The summed E-state index contributed by atoms with van der Waals surface area (Å²) in [5.41, 5.74) is 4.47. The molecule has 1 aliphatic heterocycles. The number of aromatic carboxylic acids is 1. The molecule has 38 heavy (non-hydrogen) atoms. The Bertz CT molecular complexity index is 1470. The fourth-order valence-corrected chi connectivity index (χ4v) is 4.90. The van der Waals surface area contributed by atoms with Crippen LogP contribution in [0.25, 0.3) is 22.0 Å². The first kappa shape index (κ1) is 25.5. The van der Waals surface area contributed by atoms with Crippen molar-refractivity contribution < 1.29 is 14.7 Å². The van der Waals surface area contributed by atoms with Gasteiger partial charge in [0.15, 0.2) is 5.69 Å². The molecule has 0 unspecified atom stereocenters. The molecule has 2 N–H and O–H groups in total. The van der Waals surface area contributed by atoms with Crippen molar-refractivity contribution in [1.82, 2.24) is 29.5 Å². The summed E-state index contributed by atoms with van der Waals surface area (Å²) in [6.45, 7) is 3.69. The summed E-state index contributed by atoms with van der Waals surface area (Å²) in [5, 5.41) is 17.1. The van der Waals surface area contributed by atoms with Crippen molar-refractivity contribution >= 4 is 28.6 Å². The third-order valence-electron chi connectivity index (χ3n) is 6.60. The van der Waals surface area contributed by atoms with E-state index in [0.29, 0.717) is 23.1 Å². The van der Waals surface area contributed by atoms with Crippen LogP contribution in [-0.4, -0.2) is 73.8 Å². The van der Waals surface area contributed by atoms with Gasteiger partial charge in [0, 0.05) is 42.6 Å². The molecule has 1 amide bonds. The predicted octanol–water partition coefficient (Wildman–Crippen LogP) is 4.32. The van der Waals surface area contributed by atoms with Crippen molar-refractivity contribution in [3.8, 4) is 11.1 Å². The summed E-state index contributed by atoms with van der Waals surface area (Å²) >= 11 is 0. The van der Waals surface area contributed by atoms with Crippen LogP contribution < -0.4 is 5.32 Å². The number of pyridine rings is 2. The van der Waals surface area contributed by atoms with Crippen LogP contribution in [-0.2, 0) is 13.1 Å². The molecule has 1 saturated heterocycles. The second-order valence-electron chi connectivity index (χ2n) is 9.97. The molecular weight excluding hydrogens is 482 g/mol. The maximum atomic E-state index is 13.1. The Balaban J connectivity index is 1.43. The lowest BCUT2D eigenvalue weighted by molar-refractivity contribution is 0.0692. The lowest BCUT2D eigenvalue weighted by atomic mass is 10.0. The van der Waals surface area contributed by atoms with Crippen LogP contribution in [0.1, 0.15) is 40.9 Å². The number of rotatable bonds is 7. The molecule has 3 aromatic heterocycles. The van der Waals surface area contributed by atoms with Gasteiger partial charge in [-0.25, -0.2) is 9.59 Å². The van der Waals surface area contributed by atoms with Gasteiger partial charge in [-0.2, -0.15) is 9.78 Å². The second-order valence-corrected chi connectivity index (χ2v) is 9.97. The van der Waals surface area contributed by atoms with E-state index < -0.39 is 12.0 Å². The van der Waals surface area contributed by atoms with E-state index in [1.54, 1.807) is 30.7 Å². The highest BCUT2D eigenvalue weighted by atomic mass is 16.4. The van der Waals surface area contributed by atoms with E-state index in [-0.39, 0.29) is 5.69 Å². The number of piperidine rings is 1. The lowest BCUT2D eigenvalue weighted by Gasteiger charge is -2.26. The Labute approximate surface area is 220 Å². The van der Waals surface area contributed by atoms with Gasteiger partial charge in [-0.15, -0.1) is 0 Å². The molecule has 0 saturated carbocycles. The zero-order chi connectivity index (χ0) is 26.6. The smallest absolute Gasteiger partial charge is 0.357 e. The van der Waals surface area contributed by atoms with E-state index in [1.807, 2.05) is 37.3 Å². The number of carboxylic acids is 1. The largest absolute Gasteiger partial charge is 0.476 e. The van der Waals surface area contributed by atoms with Gasteiger partial charge >= 0.3 is 12.0 Å². The Kier molecular flexibility index (Phi) is 7.43. The lowest BCUT2D eigenvalue weighted by Crippen LogP contribution is -2.29. The van der Waals surface area contributed by atoms with Gasteiger partial charge in [-0.1, -0.05) is 12.5 Å². The van der Waals surface area contributed by atoms with Crippen molar-refractivity contribution in [2.45, 2.75) is 32.4 Å². The maximum absolute atomic E-state index is 13.1. The molecule has 0 bridgehead atoms. The van der Waals surface area contributed by atoms with Gasteiger partial charge in [-0.05, 0) is 81.0 Å². The number of hydrogen-bond acceptors (Lipinski definition) is 7. The Morgan fingerprint density at radius 1 is 0.947 bits per heavy atom. The average Bonchev–Trinajstić information content (AvgIpc) is 3.29. The maximum Gasteiger partial charge on any atom is 0.357 e. The van der Waals surface area contributed by atoms with E-state index in [2.05, 4.69) is 31.3 Å². The molecule has 0 atom stereocenters. The van der Waals surface area contributed by atoms with E-state index in [0.717, 1.165) is 46.6 Å². The van der Waals surface area contributed by atoms with Crippen molar-refractivity contribution in [2.75, 3.05) is 32.5 Å². The minimum atomic E-state index is -1.20. The van der Waals surface area contributed by atoms with Gasteiger partial charge in [0.2, 0.25) is 0 Å². The number of amides is 1. The van der Waals surface area contributed by atoms with Gasteiger partial charge in [0.05, 0.1) is 17.4 Å². The number of fused-ring (bicyclic) bond motifs is 1. The Morgan fingerprint density at radius 2 is 1.71 bits per heavy atom. The summed E-state index contributed by atoms with van der Waals surface area (Å²) < 4.78 is 1.09. The molecule has 0 spiro atoms. The summed E-state index contributed by atoms with van der Waals surface area (Å²) in [6, 6.07) is 8.70. The number of nitrogens with zero attached hydrogens (tertiary/aromatic N) is 6. The van der Waals surface area contributed by atoms with Crippen molar-refractivity contribution in [2.24, 2.45) is 0 Å². The first-order chi connectivity index (χ1) is 18.4. The number of carbonyl (C=O) groups is 2. The zero-order valence-electron chi connectivity index (χ0n) is 21.6. The summed E-state index contributed by atoms with van der Waals surface area (Å²) in [4.78, 5) is 38.2. The molecular formula is C28H31N7O3. The van der Waals surface area contributed by atoms with Crippen molar-refractivity contribution in [3.63, 3.8) is 0 Å². The highest BCUT2D eigenvalue weighted by molar-refractivity contribution is 6.06. The van der Waals surface area contributed by atoms with E-state index in [9.17, 15) is 14.7 Å². The zero-order valence-corrected chi connectivity index (χ0v) is 21.6. The molecule has 4 heterocycles. The number of likely N-dealkylation sites (tertiary alicyclic amines) is 1. The molecule has 0 aliphatic carbocycles. The number of benzene rings is 1. The van der Waals surface area contributed by atoms with Crippen LogP contribution in [0.15, 0.2) is 55.1 Å². The molecule has 10 heteroatoms. The van der Waals surface area contributed by atoms with Gasteiger partial charge in [0.25, 0.3) is 0 Å². The molecule has 0 radical (unpaired) electrons. The summed E-state index contributed by atoms with van der Waals surface area (Å²) in [7, 11) is 3.90. The summed E-state index contributed by atoms with van der Waals surface area (Å²) in [5.74, 6) is -1.20. The molecule has 4 aromatic rings. The van der Waals surface area contributed by atoms with Crippen LogP contribution in [0.4, 0.5) is 10.5 Å². The molecule has 1 aliphatic rings. The van der Waals surface area contributed by atoms with Crippen LogP contribution >= 0.6 is 0 Å².